The lowest BCUT2D eigenvalue weighted by atomic mass is 9.96. The molecular weight excluding hydrogens is 350 g/mol. The molecule has 3 rings (SSSR count). The second kappa shape index (κ2) is 8.65. The lowest BCUT2D eigenvalue weighted by molar-refractivity contribution is -0.897. The van der Waals surface area contributed by atoms with Crippen molar-refractivity contribution in [3.05, 3.63) is 16.0 Å². The second-order valence-electron chi connectivity index (χ2n) is 7.03. The van der Waals surface area contributed by atoms with Gasteiger partial charge in [0, 0.05) is 17.7 Å². The molecule has 2 aliphatic rings. The largest absolute Gasteiger partial charge is 0.466 e. The molecule has 2 heterocycles. The molecule has 7 heteroatoms. The van der Waals surface area contributed by atoms with Gasteiger partial charge in [-0.3, -0.25) is 9.59 Å². The highest BCUT2D eigenvalue weighted by Crippen LogP contribution is 2.37. The predicted octanol–water partition coefficient (Wildman–Crippen LogP) is 1.30. The Bertz CT molecular complexity index is 714. The molecule has 0 spiro atoms. The summed E-state index contributed by atoms with van der Waals surface area (Å²) in [5, 5.41) is 13.2. The van der Waals surface area contributed by atoms with Crippen LogP contribution in [-0.2, 0) is 27.2 Å². The number of nitrogens with zero attached hydrogens (tertiary/aromatic N) is 1. The summed E-state index contributed by atoms with van der Waals surface area (Å²) in [4.78, 5) is 26.7. The van der Waals surface area contributed by atoms with Gasteiger partial charge in [0.15, 0.2) is 6.54 Å². The van der Waals surface area contributed by atoms with E-state index in [2.05, 4.69) is 11.4 Å². The van der Waals surface area contributed by atoms with Crippen LogP contribution in [0, 0.1) is 17.2 Å². The van der Waals surface area contributed by atoms with E-state index in [1.165, 1.54) is 9.78 Å². The average Bonchev–Trinajstić information content (AvgIpc) is 2.99. The van der Waals surface area contributed by atoms with Crippen molar-refractivity contribution in [1.82, 2.24) is 0 Å². The van der Waals surface area contributed by atoms with Crippen molar-refractivity contribution in [3.63, 3.8) is 0 Å². The standard InChI is InChI=1S/C19H25N3O3S/c1-2-25-19(24)13-7-9-22(10-8-13)12-17(23)21-18-15(11-20)14-5-3-4-6-16(14)26-18/h13H,2-10,12H2,1H3,(H,21,23)/p+1. The van der Waals surface area contributed by atoms with E-state index in [9.17, 15) is 14.9 Å². The van der Waals surface area contributed by atoms with Crippen molar-refractivity contribution < 1.29 is 19.2 Å². The van der Waals surface area contributed by atoms with Crippen LogP contribution in [0.4, 0.5) is 5.00 Å². The number of carbonyl (C=O) groups is 2. The van der Waals surface area contributed by atoms with Gasteiger partial charge in [-0.1, -0.05) is 0 Å². The van der Waals surface area contributed by atoms with Crippen molar-refractivity contribution in [2.45, 2.75) is 45.4 Å². The molecule has 0 radical (unpaired) electrons. The van der Waals surface area contributed by atoms with E-state index in [0.717, 1.165) is 57.2 Å². The number of hydrogen-bond donors (Lipinski definition) is 2. The van der Waals surface area contributed by atoms with Crippen molar-refractivity contribution >= 4 is 28.2 Å². The number of amides is 1. The Morgan fingerprint density at radius 1 is 1.31 bits per heavy atom. The summed E-state index contributed by atoms with van der Waals surface area (Å²) in [6, 6.07) is 2.28. The van der Waals surface area contributed by atoms with Crippen molar-refractivity contribution in [3.8, 4) is 6.07 Å². The molecule has 1 fully saturated rings. The second-order valence-corrected chi connectivity index (χ2v) is 8.13. The number of carbonyl (C=O) groups excluding carboxylic acids is 2. The molecular formula is C19H26N3O3S+. The first-order valence-corrected chi connectivity index (χ1v) is 10.3. The van der Waals surface area contributed by atoms with E-state index in [1.807, 2.05) is 6.92 Å². The third-order valence-electron chi connectivity index (χ3n) is 5.26. The molecule has 1 aliphatic carbocycles. The van der Waals surface area contributed by atoms with E-state index in [0.29, 0.717) is 23.7 Å². The monoisotopic (exact) mass is 376 g/mol. The molecule has 2 N–H and O–H groups in total. The van der Waals surface area contributed by atoms with Gasteiger partial charge in [0.05, 0.1) is 31.2 Å². The molecule has 0 bridgehead atoms. The van der Waals surface area contributed by atoms with Gasteiger partial charge >= 0.3 is 5.97 Å². The fourth-order valence-corrected chi connectivity index (χ4v) is 5.12. The summed E-state index contributed by atoms with van der Waals surface area (Å²) < 4.78 is 5.09. The number of aryl methyl sites for hydroxylation is 1. The Morgan fingerprint density at radius 2 is 2.04 bits per heavy atom. The Hall–Kier alpha value is -1.91. The van der Waals surface area contributed by atoms with E-state index in [4.69, 9.17) is 4.74 Å². The predicted molar refractivity (Wildman–Crippen MR) is 99.2 cm³/mol. The molecule has 1 aromatic rings. The van der Waals surface area contributed by atoms with Gasteiger partial charge in [0.2, 0.25) is 0 Å². The Labute approximate surface area is 158 Å². The number of nitrogens with one attached hydrogen (secondary N) is 2. The number of piperidine rings is 1. The van der Waals surface area contributed by atoms with Gasteiger partial charge < -0.3 is 15.0 Å². The first kappa shape index (κ1) is 18.9. The Kier molecular flexibility index (Phi) is 6.28. The van der Waals surface area contributed by atoms with Crippen LogP contribution in [0.25, 0.3) is 0 Å². The molecule has 1 saturated heterocycles. The molecule has 0 unspecified atom stereocenters. The summed E-state index contributed by atoms with van der Waals surface area (Å²) in [7, 11) is 0. The molecule has 26 heavy (non-hydrogen) atoms. The number of anilines is 1. The van der Waals surface area contributed by atoms with Gasteiger partial charge in [-0.2, -0.15) is 5.26 Å². The summed E-state index contributed by atoms with van der Waals surface area (Å²) >= 11 is 1.56. The van der Waals surface area contributed by atoms with Gasteiger partial charge in [-0.05, 0) is 38.2 Å². The van der Waals surface area contributed by atoms with Gasteiger partial charge in [-0.15, -0.1) is 11.3 Å². The average molecular weight is 377 g/mol. The molecule has 1 aromatic heterocycles. The van der Waals surface area contributed by atoms with Crippen LogP contribution < -0.4 is 10.2 Å². The summed E-state index contributed by atoms with van der Waals surface area (Å²) in [5.41, 5.74) is 1.80. The highest BCUT2D eigenvalue weighted by molar-refractivity contribution is 7.16. The number of nitriles is 1. The number of ether oxygens (including phenoxy) is 1. The first-order chi connectivity index (χ1) is 12.6. The van der Waals surface area contributed by atoms with E-state index in [1.54, 1.807) is 11.3 Å². The van der Waals surface area contributed by atoms with Crippen LogP contribution in [0.5, 0.6) is 0 Å². The fraction of sp³-hybridized carbons (Fsp3) is 0.632. The summed E-state index contributed by atoms with van der Waals surface area (Å²) in [6.07, 6.45) is 5.75. The molecule has 140 valence electrons. The van der Waals surface area contributed by atoms with Crippen LogP contribution in [0.1, 0.15) is 48.6 Å². The molecule has 0 saturated carbocycles. The van der Waals surface area contributed by atoms with Crippen molar-refractivity contribution in [1.29, 1.82) is 5.26 Å². The molecule has 6 nitrogen and oxygen atoms in total. The van der Waals surface area contributed by atoms with Crippen molar-refractivity contribution in [2.75, 3.05) is 31.6 Å². The quantitative estimate of drug-likeness (QED) is 0.759. The third-order valence-corrected chi connectivity index (χ3v) is 6.47. The fourth-order valence-electron chi connectivity index (χ4n) is 3.87. The number of rotatable bonds is 5. The van der Waals surface area contributed by atoms with Crippen LogP contribution in [-0.4, -0.2) is 38.1 Å². The number of esters is 1. The zero-order valence-corrected chi connectivity index (χ0v) is 16.0. The minimum Gasteiger partial charge on any atom is -0.466 e. The number of thiophene rings is 1. The van der Waals surface area contributed by atoms with Crippen LogP contribution in [0.3, 0.4) is 0 Å². The zero-order valence-electron chi connectivity index (χ0n) is 15.2. The molecule has 0 atom stereocenters. The summed E-state index contributed by atoms with van der Waals surface area (Å²) in [5.74, 6) is -0.195. The topological polar surface area (TPSA) is 83.6 Å². The SMILES string of the molecule is CCOC(=O)C1CC[NH+](CC(=O)Nc2sc3c(c2C#N)CCCC3)CC1. The normalized spacial score (nSPS) is 22.2. The van der Waals surface area contributed by atoms with E-state index >= 15 is 0 Å². The Balaban J connectivity index is 1.53. The van der Waals surface area contributed by atoms with Crippen LogP contribution >= 0.6 is 11.3 Å². The number of quaternary nitrogens is 1. The maximum Gasteiger partial charge on any atom is 0.309 e. The lowest BCUT2D eigenvalue weighted by Gasteiger charge is -2.27. The van der Waals surface area contributed by atoms with Gasteiger partial charge in [0.1, 0.15) is 11.1 Å². The minimum absolute atomic E-state index is 0.0315. The van der Waals surface area contributed by atoms with E-state index < -0.39 is 0 Å². The first-order valence-electron chi connectivity index (χ1n) is 9.47. The van der Waals surface area contributed by atoms with Crippen LogP contribution in [0.15, 0.2) is 0 Å². The third kappa shape index (κ3) is 4.25. The van der Waals surface area contributed by atoms with Crippen molar-refractivity contribution in [2.24, 2.45) is 5.92 Å². The van der Waals surface area contributed by atoms with Gasteiger partial charge in [0.25, 0.3) is 5.91 Å². The highest BCUT2D eigenvalue weighted by Gasteiger charge is 2.30. The number of hydrogen-bond acceptors (Lipinski definition) is 5. The highest BCUT2D eigenvalue weighted by atomic mass is 32.1. The number of likely N-dealkylation sites (tertiary alicyclic amines) is 1. The zero-order chi connectivity index (χ0) is 18.5. The molecule has 1 aliphatic heterocycles. The van der Waals surface area contributed by atoms with Crippen LogP contribution in [0.2, 0.25) is 0 Å². The maximum atomic E-state index is 12.5. The van der Waals surface area contributed by atoms with E-state index in [-0.39, 0.29) is 17.8 Å². The number of fused-ring (bicyclic) bond motifs is 1. The lowest BCUT2D eigenvalue weighted by Crippen LogP contribution is -3.14. The minimum atomic E-state index is -0.112. The maximum absolute atomic E-state index is 12.5. The summed E-state index contributed by atoms with van der Waals surface area (Å²) in [6.45, 7) is 4.20. The Morgan fingerprint density at radius 3 is 2.73 bits per heavy atom. The molecule has 0 aromatic carbocycles. The smallest absolute Gasteiger partial charge is 0.309 e. The van der Waals surface area contributed by atoms with Gasteiger partial charge in [-0.25, -0.2) is 0 Å². The molecule has 1 amide bonds.